The molecule has 0 bridgehead atoms. The zero-order chi connectivity index (χ0) is 8.10. The number of carbonyl (C=O) groups is 1. The van der Waals surface area contributed by atoms with Crippen LogP contribution in [0, 0.1) is 0 Å². The summed E-state index contributed by atoms with van der Waals surface area (Å²) in [6, 6.07) is 0. The summed E-state index contributed by atoms with van der Waals surface area (Å²) in [6.07, 6.45) is 9.82. The van der Waals surface area contributed by atoms with E-state index in [-0.39, 0.29) is 5.78 Å². The van der Waals surface area contributed by atoms with E-state index in [1.807, 2.05) is 6.08 Å². The van der Waals surface area contributed by atoms with E-state index in [1.54, 1.807) is 6.08 Å². The molecule has 1 rings (SSSR count). The summed E-state index contributed by atoms with van der Waals surface area (Å²) in [5, 5.41) is 0. The van der Waals surface area contributed by atoms with Gasteiger partial charge in [0.2, 0.25) is 0 Å². The Morgan fingerprint density at radius 3 is 2.82 bits per heavy atom. The van der Waals surface area contributed by atoms with Crippen molar-refractivity contribution in [2.45, 2.75) is 32.6 Å². The van der Waals surface area contributed by atoms with E-state index in [4.69, 9.17) is 0 Å². The molecule has 0 atom stereocenters. The van der Waals surface area contributed by atoms with E-state index in [1.165, 1.54) is 12.0 Å². The van der Waals surface area contributed by atoms with Crippen molar-refractivity contribution in [1.29, 1.82) is 0 Å². The second kappa shape index (κ2) is 4.12. The number of hydrogen-bond donors (Lipinski definition) is 0. The summed E-state index contributed by atoms with van der Waals surface area (Å²) in [5.74, 6) is 0.263. The molecule has 1 aliphatic rings. The molecule has 1 nitrogen and oxygen atoms in total. The van der Waals surface area contributed by atoms with Gasteiger partial charge in [0.1, 0.15) is 0 Å². The molecule has 0 aromatic heterocycles. The lowest BCUT2D eigenvalue weighted by molar-refractivity contribution is -0.114. The molecule has 0 saturated heterocycles. The highest BCUT2D eigenvalue weighted by Gasteiger charge is 2.04. The fourth-order valence-electron chi connectivity index (χ4n) is 1.13. The minimum atomic E-state index is 0.263. The largest absolute Gasteiger partial charge is 0.295 e. The third-order valence-corrected chi connectivity index (χ3v) is 1.84. The average Bonchev–Trinajstić information content (AvgIpc) is 2.04. The lowest BCUT2D eigenvalue weighted by atomic mass is 10.00. The second-order valence-corrected chi connectivity index (χ2v) is 2.87. The molecule has 0 N–H and O–H groups in total. The van der Waals surface area contributed by atoms with Crippen LogP contribution in [0.2, 0.25) is 0 Å². The van der Waals surface area contributed by atoms with Crippen molar-refractivity contribution < 1.29 is 4.79 Å². The molecule has 0 radical (unpaired) electrons. The van der Waals surface area contributed by atoms with Gasteiger partial charge in [-0.1, -0.05) is 31.1 Å². The quantitative estimate of drug-likeness (QED) is 0.591. The van der Waals surface area contributed by atoms with Crippen LogP contribution in [0.4, 0.5) is 0 Å². The van der Waals surface area contributed by atoms with Gasteiger partial charge in [-0.05, 0) is 18.9 Å². The van der Waals surface area contributed by atoms with Crippen molar-refractivity contribution >= 4 is 5.78 Å². The molecule has 0 heterocycles. The lowest BCUT2D eigenvalue weighted by Crippen LogP contribution is -1.98. The Kier molecular flexibility index (Phi) is 3.09. The van der Waals surface area contributed by atoms with E-state index < -0.39 is 0 Å². The molecule has 0 aliphatic heterocycles. The summed E-state index contributed by atoms with van der Waals surface area (Å²) >= 11 is 0. The van der Waals surface area contributed by atoms with Gasteiger partial charge in [-0.25, -0.2) is 0 Å². The van der Waals surface area contributed by atoms with Gasteiger partial charge in [0.05, 0.1) is 0 Å². The normalized spacial score (nSPS) is 21.2. The van der Waals surface area contributed by atoms with Crippen molar-refractivity contribution in [2.24, 2.45) is 0 Å². The highest BCUT2D eigenvalue weighted by Crippen LogP contribution is 2.14. The molecule has 0 unspecified atom stereocenters. The van der Waals surface area contributed by atoms with Crippen LogP contribution in [-0.2, 0) is 4.79 Å². The van der Waals surface area contributed by atoms with Crippen LogP contribution in [0.3, 0.4) is 0 Å². The number of allylic oxidation sites excluding steroid dienone is 4. The SMILES string of the molecule is CCCC=C1C=CC(=O)CC1. The van der Waals surface area contributed by atoms with E-state index in [9.17, 15) is 4.79 Å². The Morgan fingerprint density at radius 2 is 2.27 bits per heavy atom. The Bertz CT molecular complexity index is 199. The molecule has 1 heteroatoms. The number of hydrogen-bond acceptors (Lipinski definition) is 1. The molecule has 0 saturated carbocycles. The lowest BCUT2D eigenvalue weighted by Gasteiger charge is -2.05. The summed E-state index contributed by atoms with van der Waals surface area (Å²) < 4.78 is 0. The highest BCUT2D eigenvalue weighted by molar-refractivity contribution is 5.91. The molecule has 1 aliphatic carbocycles. The van der Waals surface area contributed by atoms with Crippen LogP contribution in [0.5, 0.6) is 0 Å². The number of rotatable bonds is 2. The Morgan fingerprint density at radius 1 is 1.45 bits per heavy atom. The predicted molar refractivity (Wildman–Crippen MR) is 46.4 cm³/mol. The first-order valence-electron chi connectivity index (χ1n) is 4.23. The highest BCUT2D eigenvalue weighted by atomic mass is 16.1. The monoisotopic (exact) mass is 150 g/mol. The third kappa shape index (κ3) is 2.71. The summed E-state index contributed by atoms with van der Waals surface area (Å²) in [7, 11) is 0. The van der Waals surface area contributed by atoms with Crippen molar-refractivity contribution in [3.63, 3.8) is 0 Å². The zero-order valence-electron chi connectivity index (χ0n) is 6.97. The fourth-order valence-corrected chi connectivity index (χ4v) is 1.13. The van der Waals surface area contributed by atoms with E-state index in [0.717, 1.165) is 12.8 Å². The van der Waals surface area contributed by atoms with Gasteiger partial charge in [-0.3, -0.25) is 4.79 Å². The zero-order valence-corrected chi connectivity index (χ0v) is 6.97. The summed E-state index contributed by atoms with van der Waals surface area (Å²) in [4.78, 5) is 10.8. The molecule has 0 aromatic rings. The van der Waals surface area contributed by atoms with Crippen molar-refractivity contribution in [1.82, 2.24) is 0 Å². The first kappa shape index (κ1) is 8.25. The summed E-state index contributed by atoms with van der Waals surface area (Å²) in [6.45, 7) is 2.16. The number of ketones is 1. The number of carbonyl (C=O) groups excluding carboxylic acids is 1. The van der Waals surface area contributed by atoms with Gasteiger partial charge < -0.3 is 0 Å². The van der Waals surface area contributed by atoms with Crippen LogP contribution in [0.25, 0.3) is 0 Å². The van der Waals surface area contributed by atoms with Crippen molar-refractivity contribution in [2.75, 3.05) is 0 Å². The maximum absolute atomic E-state index is 10.8. The van der Waals surface area contributed by atoms with E-state index in [2.05, 4.69) is 13.0 Å². The third-order valence-electron chi connectivity index (χ3n) is 1.84. The molecular formula is C10H14O. The van der Waals surface area contributed by atoms with Gasteiger partial charge in [-0.15, -0.1) is 0 Å². The smallest absolute Gasteiger partial charge is 0.156 e. The van der Waals surface area contributed by atoms with Gasteiger partial charge >= 0.3 is 0 Å². The molecular weight excluding hydrogens is 136 g/mol. The first-order valence-corrected chi connectivity index (χ1v) is 4.23. The van der Waals surface area contributed by atoms with Gasteiger partial charge in [-0.2, -0.15) is 0 Å². The van der Waals surface area contributed by atoms with E-state index >= 15 is 0 Å². The fraction of sp³-hybridized carbons (Fsp3) is 0.500. The molecule has 0 amide bonds. The maximum atomic E-state index is 10.8. The Hall–Kier alpha value is -0.850. The van der Waals surface area contributed by atoms with Gasteiger partial charge in [0, 0.05) is 6.42 Å². The maximum Gasteiger partial charge on any atom is 0.156 e. The van der Waals surface area contributed by atoms with Crippen LogP contribution in [0.1, 0.15) is 32.6 Å². The standard InChI is InChI=1S/C10H14O/c1-2-3-4-9-5-7-10(11)8-6-9/h4-5,7H,2-3,6,8H2,1H3. The number of unbranched alkanes of at least 4 members (excludes halogenated alkanes) is 1. The van der Waals surface area contributed by atoms with Gasteiger partial charge in [0.25, 0.3) is 0 Å². The van der Waals surface area contributed by atoms with Crippen LogP contribution in [-0.4, -0.2) is 5.78 Å². The van der Waals surface area contributed by atoms with Gasteiger partial charge in [0.15, 0.2) is 5.78 Å². The Labute approximate surface area is 67.8 Å². The average molecular weight is 150 g/mol. The van der Waals surface area contributed by atoms with E-state index in [0.29, 0.717) is 6.42 Å². The topological polar surface area (TPSA) is 17.1 Å². The molecule has 11 heavy (non-hydrogen) atoms. The van der Waals surface area contributed by atoms with Crippen LogP contribution in [0.15, 0.2) is 23.8 Å². The molecule has 60 valence electrons. The molecule has 0 aromatic carbocycles. The van der Waals surface area contributed by atoms with Crippen LogP contribution >= 0.6 is 0 Å². The Balaban J connectivity index is 2.49. The minimum Gasteiger partial charge on any atom is -0.295 e. The van der Waals surface area contributed by atoms with Crippen molar-refractivity contribution in [3.05, 3.63) is 23.8 Å². The summed E-state index contributed by atoms with van der Waals surface area (Å²) in [5.41, 5.74) is 1.33. The first-order chi connectivity index (χ1) is 5.33. The van der Waals surface area contributed by atoms with Crippen LogP contribution < -0.4 is 0 Å². The second-order valence-electron chi connectivity index (χ2n) is 2.87. The molecule has 0 spiro atoms. The minimum absolute atomic E-state index is 0.263. The predicted octanol–water partition coefficient (Wildman–Crippen LogP) is 2.63. The van der Waals surface area contributed by atoms with Crippen molar-refractivity contribution in [3.8, 4) is 0 Å². The molecule has 0 fully saturated rings.